The van der Waals surface area contributed by atoms with Crippen LogP contribution in [-0.4, -0.2) is 34.6 Å². The van der Waals surface area contributed by atoms with Crippen molar-refractivity contribution in [3.05, 3.63) is 70.7 Å². The SMILES string of the molecule is CC[C@@H](C(=O)NC1CCCCC1)N(Cc1ccccc1Cl)C(=O)CSCc1ccccc1. The summed E-state index contributed by atoms with van der Waals surface area (Å²) in [5, 5.41) is 3.83. The lowest BCUT2D eigenvalue weighted by molar-refractivity contribution is -0.139. The molecule has 0 unspecified atom stereocenters. The Morgan fingerprint density at radius 3 is 2.44 bits per heavy atom. The molecule has 1 aliphatic carbocycles. The molecule has 2 aromatic rings. The van der Waals surface area contributed by atoms with E-state index >= 15 is 0 Å². The van der Waals surface area contributed by atoms with Gasteiger partial charge in [0, 0.05) is 23.4 Å². The van der Waals surface area contributed by atoms with Gasteiger partial charge in [0.2, 0.25) is 11.8 Å². The van der Waals surface area contributed by atoms with Crippen LogP contribution in [0, 0.1) is 0 Å². The summed E-state index contributed by atoms with van der Waals surface area (Å²) in [4.78, 5) is 28.3. The van der Waals surface area contributed by atoms with E-state index < -0.39 is 6.04 Å². The van der Waals surface area contributed by atoms with E-state index in [1.165, 1.54) is 12.0 Å². The molecular weight excluding hydrogens is 440 g/mol. The largest absolute Gasteiger partial charge is 0.352 e. The van der Waals surface area contributed by atoms with Crippen molar-refractivity contribution in [3.63, 3.8) is 0 Å². The number of halogens is 1. The number of carbonyl (C=O) groups excluding carboxylic acids is 2. The van der Waals surface area contributed by atoms with E-state index in [1.54, 1.807) is 16.7 Å². The molecule has 4 nitrogen and oxygen atoms in total. The predicted octanol–water partition coefficient (Wildman–Crippen LogP) is 5.83. The summed E-state index contributed by atoms with van der Waals surface area (Å²) < 4.78 is 0. The zero-order valence-corrected chi connectivity index (χ0v) is 20.3. The first-order chi connectivity index (χ1) is 15.6. The number of benzene rings is 2. The Balaban J connectivity index is 1.71. The minimum Gasteiger partial charge on any atom is -0.352 e. The van der Waals surface area contributed by atoms with E-state index in [9.17, 15) is 9.59 Å². The topological polar surface area (TPSA) is 49.4 Å². The minimum atomic E-state index is -0.502. The molecule has 32 heavy (non-hydrogen) atoms. The lowest BCUT2D eigenvalue weighted by Crippen LogP contribution is -2.52. The summed E-state index contributed by atoms with van der Waals surface area (Å²) in [6.45, 7) is 2.30. The van der Waals surface area contributed by atoms with Crippen LogP contribution in [0.2, 0.25) is 5.02 Å². The van der Waals surface area contributed by atoms with Crippen molar-refractivity contribution in [1.29, 1.82) is 0 Å². The van der Waals surface area contributed by atoms with Crippen molar-refractivity contribution in [2.24, 2.45) is 0 Å². The highest BCUT2D eigenvalue weighted by atomic mass is 35.5. The zero-order valence-electron chi connectivity index (χ0n) is 18.8. The standard InChI is InChI=1S/C26H33ClN2O2S/c1-2-24(26(31)28-22-14-7-4-8-15-22)29(17-21-13-9-10-16-23(21)27)25(30)19-32-18-20-11-5-3-6-12-20/h3,5-6,9-13,16,22,24H,2,4,7-8,14-15,17-19H2,1H3,(H,28,31)/t24-/m0/s1. The molecule has 3 rings (SSSR count). The quantitative estimate of drug-likeness (QED) is 0.473. The number of rotatable bonds is 10. The van der Waals surface area contributed by atoms with Gasteiger partial charge in [0.1, 0.15) is 6.04 Å². The van der Waals surface area contributed by atoms with Crippen molar-refractivity contribution in [1.82, 2.24) is 10.2 Å². The molecule has 1 N–H and O–H groups in total. The van der Waals surface area contributed by atoms with Gasteiger partial charge in [-0.1, -0.05) is 86.3 Å². The first-order valence-electron chi connectivity index (χ1n) is 11.5. The molecule has 0 aliphatic heterocycles. The van der Waals surface area contributed by atoms with Crippen LogP contribution in [0.1, 0.15) is 56.6 Å². The van der Waals surface area contributed by atoms with E-state index in [1.807, 2.05) is 49.4 Å². The number of hydrogen-bond donors (Lipinski definition) is 1. The fraction of sp³-hybridized carbons (Fsp3) is 0.462. The Kier molecular flexibility index (Phi) is 9.94. The Morgan fingerprint density at radius 2 is 1.75 bits per heavy atom. The molecule has 2 amide bonds. The smallest absolute Gasteiger partial charge is 0.243 e. The molecule has 6 heteroatoms. The Morgan fingerprint density at radius 1 is 1.06 bits per heavy atom. The van der Waals surface area contributed by atoms with Crippen LogP contribution >= 0.6 is 23.4 Å². The number of thioether (sulfide) groups is 1. The van der Waals surface area contributed by atoms with E-state index in [2.05, 4.69) is 17.4 Å². The van der Waals surface area contributed by atoms with Crippen molar-refractivity contribution >= 4 is 35.2 Å². The van der Waals surface area contributed by atoms with E-state index in [4.69, 9.17) is 11.6 Å². The van der Waals surface area contributed by atoms with Gasteiger partial charge in [0.05, 0.1) is 5.75 Å². The van der Waals surface area contributed by atoms with Crippen LogP contribution in [0.4, 0.5) is 0 Å². The van der Waals surface area contributed by atoms with Crippen LogP contribution < -0.4 is 5.32 Å². The summed E-state index contributed by atoms with van der Waals surface area (Å²) in [6, 6.07) is 17.4. The second-order valence-corrected chi connectivity index (χ2v) is 9.75. The Bertz CT molecular complexity index is 871. The fourth-order valence-corrected chi connectivity index (χ4v) is 5.25. The van der Waals surface area contributed by atoms with Gasteiger partial charge < -0.3 is 10.2 Å². The van der Waals surface area contributed by atoms with Crippen LogP contribution in [0.5, 0.6) is 0 Å². The third-order valence-corrected chi connectivity index (χ3v) is 7.33. The maximum atomic E-state index is 13.3. The van der Waals surface area contributed by atoms with Crippen molar-refractivity contribution in [3.8, 4) is 0 Å². The molecule has 2 aromatic carbocycles. The van der Waals surface area contributed by atoms with Gasteiger partial charge in [-0.15, -0.1) is 11.8 Å². The fourth-order valence-electron chi connectivity index (χ4n) is 4.19. The van der Waals surface area contributed by atoms with Gasteiger partial charge in [-0.25, -0.2) is 0 Å². The van der Waals surface area contributed by atoms with Crippen LogP contribution in [0.3, 0.4) is 0 Å². The molecule has 0 spiro atoms. The summed E-state index contributed by atoms with van der Waals surface area (Å²) in [5.41, 5.74) is 2.05. The van der Waals surface area contributed by atoms with Crippen LogP contribution in [0.25, 0.3) is 0 Å². The molecule has 0 heterocycles. The van der Waals surface area contributed by atoms with Gasteiger partial charge in [0.15, 0.2) is 0 Å². The first-order valence-corrected chi connectivity index (χ1v) is 13.1. The van der Waals surface area contributed by atoms with Crippen LogP contribution in [0.15, 0.2) is 54.6 Å². The summed E-state index contributed by atoms with van der Waals surface area (Å²) in [5.74, 6) is 1.01. The summed E-state index contributed by atoms with van der Waals surface area (Å²) in [6.07, 6.45) is 6.15. The minimum absolute atomic E-state index is 0.0310. The molecular formula is C26H33ClN2O2S. The van der Waals surface area contributed by atoms with Crippen molar-refractivity contribution in [2.45, 2.75) is 69.8 Å². The second kappa shape index (κ2) is 12.9. The maximum absolute atomic E-state index is 13.3. The molecule has 172 valence electrons. The number of amides is 2. The number of nitrogens with one attached hydrogen (secondary N) is 1. The molecule has 0 aromatic heterocycles. The zero-order chi connectivity index (χ0) is 22.8. The predicted molar refractivity (Wildman–Crippen MR) is 134 cm³/mol. The van der Waals surface area contributed by atoms with Gasteiger partial charge in [0.25, 0.3) is 0 Å². The van der Waals surface area contributed by atoms with Crippen molar-refractivity contribution in [2.75, 3.05) is 5.75 Å². The van der Waals surface area contributed by atoms with Gasteiger partial charge in [-0.2, -0.15) is 0 Å². The summed E-state index contributed by atoms with van der Waals surface area (Å²) >= 11 is 7.97. The third kappa shape index (κ3) is 7.28. The lowest BCUT2D eigenvalue weighted by Gasteiger charge is -2.33. The highest BCUT2D eigenvalue weighted by Gasteiger charge is 2.30. The summed E-state index contributed by atoms with van der Waals surface area (Å²) in [7, 11) is 0. The molecule has 1 fully saturated rings. The first kappa shape index (κ1) is 24.7. The number of nitrogens with zero attached hydrogens (tertiary/aromatic N) is 1. The molecule has 1 aliphatic rings. The normalized spacial score (nSPS) is 15.2. The highest BCUT2D eigenvalue weighted by molar-refractivity contribution is 7.99. The van der Waals surface area contributed by atoms with E-state index in [0.717, 1.165) is 37.0 Å². The molecule has 1 atom stereocenters. The third-order valence-electron chi connectivity index (χ3n) is 5.97. The number of carbonyl (C=O) groups is 2. The lowest BCUT2D eigenvalue weighted by atomic mass is 9.95. The Hall–Kier alpha value is -1.98. The molecule has 0 radical (unpaired) electrons. The van der Waals surface area contributed by atoms with Gasteiger partial charge in [-0.05, 0) is 36.5 Å². The Labute approximate surface area is 201 Å². The monoisotopic (exact) mass is 472 g/mol. The van der Waals surface area contributed by atoms with Gasteiger partial charge in [-0.3, -0.25) is 9.59 Å². The molecule has 0 bridgehead atoms. The van der Waals surface area contributed by atoms with Crippen LogP contribution in [-0.2, 0) is 21.9 Å². The molecule has 0 saturated heterocycles. The van der Waals surface area contributed by atoms with E-state index in [-0.39, 0.29) is 17.9 Å². The highest BCUT2D eigenvalue weighted by Crippen LogP contribution is 2.22. The van der Waals surface area contributed by atoms with Gasteiger partial charge >= 0.3 is 0 Å². The number of hydrogen-bond acceptors (Lipinski definition) is 3. The average Bonchev–Trinajstić information content (AvgIpc) is 2.81. The van der Waals surface area contributed by atoms with E-state index in [0.29, 0.717) is 23.7 Å². The van der Waals surface area contributed by atoms with Crippen molar-refractivity contribution < 1.29 is 9.59 Å². The average molecular weight is 473 g/mol. The maximum Gasteiger partial charge on any atom is 0.243 e. The second-order valence-electron chi connectivity index (χ2n) is 8.36. The molecule has 1 saturated carbocycles.